The highest BCUT2D eigenvalue weighted by Crippen LogP contribution is 2.35. The summed E-state index contributed by atoms with van der Waals surface area (Å²) < 4.78 is 0. The fourth-order valence-corrected chi connectivity index (χ4v) is 3.89. The minimum absolute atomic E-state index is 0.151. The molecule has 0 saturated heterocycles. The number of anilines is 2. The maximum absolute atomic E-state index is 4.46. The van der Waals surface area contributed by atoms with Crippen LogP contribution in [0.1, 0.15) is 26.3 Å². The lowest BCUT2D eigenvalue weighted by Gasteiger charge is -2.19. The van der Waals surface area contributed by atoms with Gasteiger partial charge in [0.15, 0.2) is 0 Å². The van der Waals surface area contributed by atoms with Crippen LogP contribution in [-0.2, 0) is 5.41 Å². The van der Waals surface area contributed by atoms with Crippen LogP contribution in [0.15, 0.2) is 67.0 Å². The van der Waals surface area contributed by atoms with E-state index in [4.69, 9.17) is 0 Å². The summed E-state index contributed by atoms with van der Waals surface area (Å²) >= 11 is 1.69. The summed E-state index contributed by atoms with van der Waals surface area (Å²) in [6, 6.07) is 21.1. The number of fused-ring (bicyclic) bond motifs is 1. The maximum Gasteiger partial charge on any atom is 0.142 e. The number of thiophene rings is 1. The van der Waals surface area contributed by atoms with Crippen LogP contribution in [0, 0.1) is 0 Å². The van der Waals surface area contributed by atoms with Crippen molar-refractivity contribution < 1.29 is 0 Å². The zero-order chi connectivity index (χ0) is 18.1. The molecule has 3 nitrogen and oxygen atoms in total. The van der Waals surface area contributed by atoms with Gasteiger partial charge in [0, 0.05) is 10.6 Å². The van der Waals surface area contributed by atoms with Gasteiger partial charge in [-0.2, -0.15) is 0 Å². The quantitative estimate of drug-likeness (QED) is 0.460. The SMILES string of the molecule is CC(C)(C)c1ccc(Nc2ncnc3sc(-c4ccccc4)cc23)cc1. The first-order valence-electron chi connectivity index (χ1n) is 8.68. The Balaban J connectivity index is 1.68. The number of aromatic nitrogens is 2. The molecule has 4 aromatic rings. The van der Waals surface area contributed by atoms with Crippen LogP contribution in [0.2, 0.25) is 0 Å². The molecule has 0 unspecified atom stereocenters. The fourth-order valence-electron chi connectivity index (χ4n) is 2.89. The summed E-state index contributed by atoms with van der Waals surface area (Å²) in [6.45, 7) is 6.67. The third-order valence-corrected chi connectivity index (χ3v) is 5.49. The smallest absolute Gasteiger partial charge is 0.142 e. The van der Waals surface area contributed by atoms with E-state index in [1.165, 1.54) is 16.0 Å². The molecule has 2 aromatic carbocycles. The zero-order valence-electron chi connectivity index (χ0n) is 15.2. The van der Waals surface area contributed by atoms with Gasteiger partial charge in [0.1, 0.15) is 17.0 Å². The fraction of sp³-hybridized carbons (Fsp3) is 0.182. The molecule has 130 valence electrons. The average Bonchev–Trinajstić information content (AvgIpc) is 3.08. The Morgan fingerprint density at radius 3 is 2.31 bits per heavy atom. The number of hydrogen-bond acceptors (Lipinski definition) is 4. The largest absolute Gasteiger partial charge is 0.340 e. The van der Waals surface area contributed by atoms with Gasteiger partial charge in [-0.05, 0) is 34.7 Å². The van der Waals surface area contributed by atoms with Crippen molar-refractivity contribution in [3.63, 3.8) is 0 Å². The number of benzene rings is 2. The lowest BCUT2D eigenvalue weighted by Crippen LogP contribution is -2.10. The van der Waals surface area contributed by atoms with E-state index in [1.807, 2.05) is 6.07 Å². The Morgan fingerprint density at radius 2 is 1.62 bits per heavy atom. The first-order valence-corrected chi connectivity index (χ1v) is 9.50. The molecule has 4 heteroatoms. The second kappa shape index (κ2) is 6.54. The van der Waals surface area contributed by atoms with Crippen LogP contribution in [0.5, 0.6) is 0 Å². The summed E-state index contributed by atoms with van der Waals surface area (Å²) in [5, 5.41) is 4.50. The van der Waals surface area contributed by atoms with Gasteiger partial charge in [-0.25, -0.2) is 9.97 Å². The minimum Gasteiger partial charge on any atom is -0.340 e. The molecule has 0 aliphatic carbocycles. The second-order valence-electron chi connectivity index (χ2n) is 7.37. The molecule has 0 atom stereocenters. The van der Waals surface area contributed by atoms with Crippen molar-refractivity contribution in [2.75, 3.05) is 5.32 Å². The highest BCUT2D eigenvalue weighted by Gasteiger charge is 2.14. The van der Waals surface area contributed by atoms with Crippen molar-refractivity contribution in [2.45, 2.75) is 26.2 Å². The lowest BCUT2D eigenvalue weighted by atomic mass is 9.87. The lowest BCUT2D eigenvalue weighted by molar-refractivity contribution is 0.590. The molecular weight excluding hydrogens is 338 g/mol. The normalized spacial score (nSPS) is 11.7. The average molecular weight is 359 g/mol. The van der Waals surface area contributed by atoms with Crippen LogP contribution >= 0.6 is 11.3 Å². The Bertz CT molecular complexity index is 1030. The Hall–Kier alpha value is -2.72. The highest BCUT2D eigenvalue weighted by atomic mass is 32.1. The number of hydrogen-bond donors (Lipinski definition) is 1. The molecule has 0 aliphatic heterocycles. The van der Waals surface area contributed by atoms with Crippen LogP contribution in [0.4, 0.5) is 11.5 Å². The molecular formula is C22H21N3S. The minimum atomic E-state index is 0.151. The molecule has 0 saturated carbocycles. The molecule has 0 aliphatic rings. The summed E-state index contributed by atoms with van der Waals surface area (Å²) in [4.78, 5) is 11.1. The standard InChI is InChI=1S/C22H21N3S/c1-22(2,3)16-9-11-17(12-10-16)25-20-18-13-19(15-7-5-4-6-8-15)26-21(18)24-14-23-20/h4-14H,1-3H3,(H,23,24,25). The van der Waals surface area contributed by atoms with Crippen LogP contribution < -0.4 is 5.32 Å². The topological polar surface area (TPSA) is 37.8 Å². The molecule has 0 bridgehead atoms. The molecule has 0 spiro atoms. The van der Waals surface area contributed by atoms with E-state index in [1.54, 1.807) is 17.7 Å². The molecule has 2 heterocycles. The summed E-state index contributed by atoms with van der Waals surface area (Å²) in [5.74, 6) is 0.844. The summed E-state index contributed by atoms with van der Waals surface area (Å²) in [5.41, 5.74) is 3.71. The summed E-state index contributed by atoms with van der Waals surface area (Å²) in [6.07, 6.45) is 1.62. The van der Waals surface area contributed by atoms with E-state index in [-0.39, 0.29) is 5.41 Å². The molecule has 0 amide bonds. The van der Waals surface area contributed by atoms with Gasteiger partial charge in [0.05, 0.1) is 5.39 Å². The summed E-state index contributed by atoms with van der Waals surface area (Å²) in [7, 11) is 0. The predicted octanol–water partition coefficient (Wildman–Crippen LogP) is 6.40. The van der Waals surface area contributed by atoms with Crippen molar-refractivity contribution in [3.8, 4) is 10.4 Å². The molecule has 0 radical (unpaired) electrons. The molecule has 4 rings (SSSR count). The molecule has 1 N–H and O–H groups in total. The van der Waals surface area contributed by atoms with Crippen LogP contribution in [0.3, 0.4) is 0 Å². The van der Waals surface area contributed by atoms with Gasteiger partial charge >= 0.3 is 0 Å². The van der Waals surface area contributed by atoms with E-state index in [0.717, 1.165) is 21.7 Å². The van der Waals surface area contributed by atoms with Gasteiger partial charge in [-0.3, -0.25) is 0 Å². The Labute approximate surface area is 157 Å². The number of rotatable bonds is 3. The highest BCUT2D eigenvalue weighted by molar-refractivity contribution is 7.21. The second-order valence-corrected chi connectivity index (χ2v) is 8.40. The van der Waals surface area contributed by atoms with Gasteiger partial charge in [-0.15, -0.1) is 11.3 Å². The van der Waals surface area contributed by atoms with E-state index < -0.39 is 0 Å². The third kappa shape index (κ3) is 3.33. The number of nitrogens with zero attached hydrogens (tertiary/aromatic N) is 2. The number of nitrogens with one attached hydrogen (secondary N) is 1. The Kier molecular flexibility index (Phi) is 4.21. The van der Waals surface area contributed by atoms with Gasteiger partial charge < -0.3 is 5.32 Å². The van der Waals surface area contributed by atoms with Gasteiger partial charge in [-0.1, -0.05) is 63.2 Å². The van der Waals surface area contributed by atoms with Crippen molar-refractivity contribution in [3.05, 3.63) is 72.6 Å². The Morgan fingerprint density at radius 1 is 0.885 bits per heavy atom. The molecule has 26 heavy (non-hydrogen) atoms. The van der Waals surface area contributed by atoms with E-state index in [9.17, 15) is 0 Å². The first-order chi connectivity index (χ1) is 12.5. The zero-order valence-corrected chi connectivity index (χ0v) is 16.0. The van der Waals surface area contributed by atoms with Crippen molar-refractivity contribution in [2.24, 2.45) is 0 Å². The maximum atomic E-state index is 4.46. The predicted molar refractivity (Wildman–Crippen MR) is 111 cm³/mol. The van der Waals surface area contributed by atoms with Crippen LogP contribution in [0.25, 0.3) is 20.7 Å². The molecule has 0 fully saturated rings. The molecule has 2 aromatic heterocycles. The van der Waals surface area contributed by atoms with Crippen molar-refractivity contribution in [1.82, 2.24) is 9.97 Å². The third-order valence-electron chi connectivity index (χ3n) is 4.40. The van der Waals surface area contributed by atoms with Crippen LogP contribution in [-0.4, -0.2) is 9.97 Å². The van der Waals surface area contributed by atoms with E-state index in [0.29, 0.717) is 0 Å². The monoisotopic (exact) mass is 359 g/mol. The van der Waals surface area contributed by atoms with Crippen molar-refractivity contribution >= 4 is 33.1 Å². The van der Waals surface area contributed by atoms with E-state index in [2.05, 4.69) is 90.7 Å². The van der Waals surface area contributed by atoms with E-state index >= 15 is 0 Å². The van der Waals surface area contributed by atoms with Gasteiger partial charge in [0.2, 0.25) is 0 Å². The first kappa shape index (κ1) is 16.7. The van der Waals surface area contributed by atoms with Crippen molar-refractivity contribution in [1.29, 1.82) is 0 Å². The van der Waals surface area contributed by atoms with Gasteiger partial charge in [0.25, 0.3) is 0 Å².